The number of aromatic nitrogens is 1. The van der Waals surface area contributed by atoms with E-state index in [1.165, 1.54) is 18.2 Å². The molecule has 0 radical (unpaired) electrons. The van der Waals surface area contributed by atoms with Gasteiger partial charge in [0.1, 0.15) is 0 Å². The maximum atomic E-state index is 12.8. The molecule has 0 aliphatic carbocycles. The molecule has 3 aromatic rings. The largest absolute Gasteiger partial charge is 0.449 e. The lowest BCUT2D eigenvalue weighted by Gasteiger charge is -2.33. The van der Waals surface area contributed by atoms with Crippen molar-refractivity contribution in [1.29, 1.82) is 0 Å². The summed E-state index contributed by atoms with van der Waals surface area (Å²) >= 11 is 5.90. The zero-order valence-electron chi connectivity index (χ0n) is 20.7. The fraction of sp³-hybridized carbons (Fsp3) is 0.269. The van der Waals surface area contributed by atoms with E-state index in [0.717, 1.165) is 37.9 Å². The number of ether oxygens (including phenoxy) is 1. The number of pyridine rings is 1. The lowest BCUT2D eigenvalue weighted by Crippen LogP contribution is -2.35. The van der Waals surface area contributed by atoms with Crippen LogP contribution in [0.1, 0.15) is 23.2 Å². The van der Waals surface area contributed by atoms with Gasteiger partial charge in [-0.05, 0) is 73.4 Å². The van der Waals surface area contributed by atoms with Gasteiger partial charge in [-0.15, -0.1) is 0 Å². The van der Waals surface area contributed by atoms with E-state index in [4.69, 9.17) is 16.3 Å². The monoisotopic (exact) mass is 557 g/mol. The van der Waals surface area contributed by atoms with E-state index in [0.29, 0.717) is 10.6 Å². The predicted molar refractivity (Wildman–Crippen MR) is 148 cm³/mol. The number of nitrogens with one attached hydrogen (secondary N) is 3. The molecule has 0 saturated carbocycles. The average molecular weight is 558 g/mol. The molecule has 12 heteroatoms. The van der Waals surface area contributed by atoms with E-state index in [-0.39, 0.29) is 29.6 Å². The average Bonchev–Trinajstić information content (AvgIpc) is 2.89. The lowest BCUT2D eigenvalue weighted by atomic mass is 9.97. The molecule has 2 aromatic carbocycles. The molecule has 2 amide bonds. The first-order valence-electron chi connectivity index (χ1n) is 11.9. The summed E-state index contributed by atoms with van der Waals surface area (Å²) in [7, 11) is -3.55. The van der Waals surface area contributed by atoms with E-state index >= 15 is 0 Å². The van der Waals surface area contributed by atoms with Crippen LogP contribution in [-0.4, -0.2) is 51.4 Å². The number of carbonyl (C=O) groups is 2. The SMILES string of the molecule is CS(=O)(=O)Nc1ccc(NC(=O)OCC2CCN(c3ccncc3)CC2)c(NC(=O)c2ccc(Cl)cc2)c1. The highest BCUT2D eigenvalue weighted by Gasteiger charge is 2.21. The number of hydrogen-bond acceptors (Lipinski definition) is 7. The number of nitrogens with zero attached hydrogens (tertiary/aromatic N) is 2. The van der Waals surface area contributed by atoms with Crippen molar-refractivity contribution < 1.29 is 22.7 Å². The number of sulfonamides is 1. The summed E-state index contributed by atoms with van der Waals surface area (Å²) in [5, 5.41) is 5.84. The second-order valence-electron chi connectivity index (χ2n) is 8.95. The van der Waals surface area contributed by atoms with E-state index in [9.17, 15) is 18.0 Å². The highest BCUT2D eigenvalue weighted by atomic mass is 35.5. The van der Waals surface area contributed by atoms with Crippen LogP contribution in [-0.2, 0) is 14.8 Å². The van der Waals surface area contributed by atoms with E-state index < -0.39 is 22.0 Å². The molecule has 38 heavy (non-hydrogen) atoms. The van der Waals surface area contributed by atoms with Crippen LogP contribution >= 0.6 is 11.6 Å². The lowest BCUT2D eigenvalue weighted by molar-refractivity contribution is 0.102. The van der Waals surface area contributed by atoms with Gasteiger partial charge in [0.2, 0.25) is 10.0 Å². The zero-order chi connectivity index (χ0) is 27.1. The number of anilines is 4. The second kappa shape index (κ2) is 12.1. The van der Waals surface area contributed by atoms with Gasteiger partial charge in [0, 0.05) is 41.8 Å². The Morgan fingerprint density at radius 2 is 1.68 bits per heavy atom. The molecule has 0 unspecified atom stereocenters. The zero-order valence-corrected chi connectivity index (χ0v) is 22.3. The molecule has 0 atom stereocenters. The molecule has 1 aliphatic heterocycles. The van der Waals surface area contributed by atoms with Crippen molar-refractivity contribution in [3.63, 3.8) is 0 Å². The Hall–Kier alpha value is -3.83. The first-order chi connectivity index (χ1) is 18.2. The van der Waals surface area contributed by atoms with Crippen LogP contribution in [0.25, 0.3) is 0 Å². The van der Waals surface area contributed by atoms with Gasteiger partial charge in [-0.25, -0.2) is 13.2 Å². The van der Waals surface area contributed by atoms with Gasteiger partial charge in [0.15, 0.2) is 0 Å². The quantitative estimate of drug-likeness (QED) is 0.362. The summed E-state index contributed by atoms with van der Waals surface area (Å²) in [6, 6.07) is 14.6. The Kier molecular flexibility index (Phi) is 8.70. The minimum atomic E-state index is -3.55. The van der Waals surface area contributed by atoms with Crippen molar-refractivity contribution in [2.45, 2.75) is 12.8 Å². The van der Waals surface area contributed by atoms with Crippen LogP contribution in [0, 0.1) is 5.92 Å². The number of benzene rings is 2. The number of rotatable bonds is 8. The highest BCUT2D eigenvalue weighted by molar-refractivity contribution is 7.92. The number of piperidine rings is 1. The van der Waals surface area contributed by atoms with Crippen molar-refractivity contribution in [3.8, 4) is 0 Å². The minimum absolute atomic E-state index is 0.196. The summed E-state index contributed by atoms with van der Waals surface area (Å²) in [6.07, 6.45) is 5.64. The molecular formula is C26H28ClN5O5S. The first-order valence-corrected chi connectivity index (χ1v) is 14.2. The third-order valence-electron chi connectivity index (χ3n) is 6.01. The van der Waals surface area contributed by atoms with Crippen molar-refractivity contribution in [2.75, 3.05) is 46.2 Å². The van der Waals surface area contributed by atoms with Gasteiger partial charge in [-0.2, -0.15) is 0 Å². The minimum Gasteiger partial charge on any atom is -0.449 e. The highest BCUT2D eigenvalue weighted by Crippen LogP contribution is 2.28. The van der Waals surface area contributed by atoms with Crippen LogP contribution in [0.5, 0.6) is 0 Å². The van der Waals surface area contributed by atoms with Gasteiger partial charge in [0.05, 0.1) is 29.9 Å². The number of halogens is 1. The fourth-order valence-corrected chi connectivity index (χ4v) is 4.76. The number of amides is 2. The van der Waals surface area contributed by atoms with Crippen LogP contribution in [0.3, 0.4) is 0 Å². The van der Waals surface area contributed by atoms with Crippen LogP contribution in [0.4, 0.5) is 27.5 Å². The molecule has 3 N–H and O–H groups in total. The third kappa shape index (κ3) is 7.83. The summed E-state index contributed by atoms with van der Waals surface area (Å²) in [5.41, 5.74) is 2.13. The molecule has 1 fully saturated rings. The van der Waals surface area contributed by atoms with Gasteiger partial charge in [-0.3, -0.25) is 19.8 Å². The van der Waals surface area contributed by atoms with Crippen LogP contribution in [0.15, 0.2) is 67.0 Å². The Balaban J connectivity index is 1.38. The molecule has 0 bridgehead atoms. The summed E-state index contributed by atoms with van der Waals surface area (Å²) in [5.74, 6) is -0.236. The van der Waals surface area contributed by atoms with E-state index in [1.807, 2.05) is 12.1 Å². The van der Waals surface area contributed by atoms with Crippen molar-refractivity contribution in [2.24, 2.45) is 5.92 Å². The molecular weight excluding hydrogens is 530 g/mol. The molecule has 1 aliphatic rings. The van der Waals surface area contributed by atoms with Crippen molar-refractivity contribution >= 4 is 56.4 Å². The number of hydrogen-bond donors (Lipinski definition) is 3. The van der Waals surface area contributed by atoms with Crippen molar-refractivity contribution in [3.05, 3.63) is 77.6 Å². The molecule has 1 saturated heterocycles. The molecule has 2 heterocycles. The van der Waals surface area contributed by atoms with Crippen LogP contribution < -0.4 is 20.3 Å². The Morgan fingerprint density at radius 1 is 1.00 bits per heavy atom. The molecule has 1 aromatic heterocycles. The Bertz CT molecular complexity index is 1380. The van der Waals surface area contributed by atoms with E-state index in [2.05, 4.69) is 25.2 Å². The summed E-state index contributed by atoms with van der Waals surface area (Å²) < 4.78 is 31.2. The van der Waals surface area contributed by atoms with E-state index in [1.54, 1.807) is 36.7 Å². The topological polar surface area (TPSA) is 130 Å². The molecule has 0 spiro atoms. The van der Waals surface area contributed by atoms with Gasteiger partial charge < -0.3 is 15.0 Å². The Labute approximate surface area is 226 Å². The first kappa shape index (κ1) is 27.2. The second-order valence-corrected chi connectivity index (χ2v) is 11.1. The fourth-order valence-electron chi connectivity index (χ4n) is 4.08. The molecule has 200 valence electrons. The van der Waals surface area contributed by atoms with Crippen LogP contribution in [0.2, 0.25) is 5.02 Å². The van der Waals surface area contributed by atoms with Gasteiger partial charge in [0.25, 0.3) is 5.91 Å². The van der Waals surface area contributed by atoms with Crippen molar-refractivity contribution in [1.82, 2.24) is 4.98 Å². The molecule has 4 rings (SSSR count). The summed E-state index contributed by atoms with van der Waals surface area (Å²) in [6.45, 7) is 1.97. The normalized spacial score (nSPS) is 14.0. The van der Waals surface area contributed by atoms with Gasteiger partial charge >= 0.3 is 6.09 Å². The molecule has 10 nitrogen and oxygen atoms in total. The maximum Gasteiger partial charge on any atom is 0.411 e. The Morgan fingerprint density at radius 3 is 2.34 bits per heavy atom. The predicted octanol–water partition coefficient (Wildman–Crippen LogP) is 4.82. The maximum absolute atomic E-state index is 12.8. The smallest absolute Gasteiger partial charge is 0.411 e. The standard InChI is InChI=1S/C26H28ClN5O5S/c1-38(35,36)31-21-6-7-23(24(16-21)29-25(33)19-2-4-20(27)5-3-19)30-26(34)37-17-18-10-14-32(15-11-18)22-8-12-28-13-9-22/h2-9,12-13,16,18,31H,10-11,14-15,17H2,1H3,(H,29,33)(H,30,34). The number of carbonyl (C=O) groups excluding carboxylic acids is 2. The third-order valence-corrected chi connectivity index (χ3v) is 6.87. The summed E-state index contributed by atoms with van der Waals surface area (Å²) in [4.78, 5) is 31.7. The van der Waals surface area contributed by atoms with Gasteiger partial charge in [-0.1, -0.05) is 11.6 Å².